The summed E-state index contributed by atoms with van der Waals surface area (Å²) in [5.74, 6) is 1.04. The molecule has 2 aliphatic rings. The van der Waals surface area contributed by atoms with Crippen LogP contribution < -0.4 is 10.2 Å². The van der Waals surface area contributed by atoms with Crippen molar-refractivity contribution in [3.8, 4) is 11.3 Å². The van der Waals surface area contributed by atoms with Gasteiger partial charge in [0.15, 0.2) is 0 Å². The number of nitrogens with one attached hydrogen (secondary N) is 1. The van der Waals surface area contributed by atoms with Crippen molar-refractivity contribution in [1.29, 1.82) is 0 Å². The molecule has 4 nitrogen and oxygen atoms in total. The highest BCUT2D eigenvalue weighted by Crippen LogP contribution is 2.46. The first kappa shape index (κ1) is 17.5. The number of piperazine rings is 1. The second kappa shape index (κ2) is 6.34. The third-order valence-corrected chi connectivity index (χ3v) is 6.24. The normalized spacial score (nSPS) is 21.3. The van der Waals surface area contributed by atoms with Crippen molar-refractivity contribution >= 4 is 5.82 Å². The van der Waals surface area contributed by atoms with Crippen LogP contribution in [0.5, 0.6) is 0 Å². The van der Waals surface area contributed by atoms with Crippen LogP contribution in [0.2, 0.25) is 0 Å². The molecule has 0 radical (unpaired) electrons. The van der Waals surface area contributed by atoms with E-state index in [0.717, 1.165) is 37.7 Å². The van der Waals surface area contributed by atoms with Crippen LogP contribution in [0.15, 0.2) is 30.6 Å². The van der Waals surface area contributed by atoms with Gasteiger partial charge in [0.1, 0.15) is 12.1 Å². The summed E-state index contributed by atoms with van der Waals surface area (Å²) in [5.41, 5.74) is 5.67. The predicted molar refractivity (Wildman–Crippen MR) is 108 cm³/mol. The lowest BCUT2D eigenvalue weighted by molar-refractivity contribution is 0.332. The smallest absolute Gasteiger partial charge is 0.132 e. The van der Waals surface area contributed by atoms with Crippen molar-refractivity contribution in [1.82, 2.24) is 15.3 Å². The molecule has 26 heavy (non-hydrogen) atoms. The monoisotopic (exact) mass is 350 g/mol. The summed E-state index contributed by atoms with van der Waals surface area (Å²) < 4.78 is 0. The molecule has 1 saturated heterocycles. The highest BCUT2D eigenvalue weighted by Gasteiger charge is 2.37. The van der Waals surface area contributed by atoms with Gasteiger partial charge in [0.2, 0.25) is 0 Å². The fourth-order valence-corrected chi connectivity index (χ4v) is 4.32. The first-order valence-corrected chi connectivity index (χ1v) is 9.80. The number of aromatic nitrogens is 2. The van der Waals surface area contributed by atoms with Crippen LogP contribution in [-0.4, -0.2) is 36.1 Å². The maximum absolute atomic E-state index is 4.58. The summed E-state index contributed by atoms with van der Waals surface area (Å²) in [6.45, 7) is 13.5. The molecule has 1 fully saturated rings. The molecule has 1 N–H and O–H groups in total. The highest BCUT2D eigenvalue weighted by molar-refractivity contribution is 5.65. The third kappa shape index (κ3) is 3.11. The molecule has 1 aliphatic heterocycles. The number of rotatable bonds is 2. The van der Waals surface area contributed by atoms with Crippen LogP contribution in [0.25, 0.3) is 11.3 Å². The van der Waals surface area contributed by atoms with Crippen LogP contribution in [0.3, 0.4) is 0 Å². The SMILES string of the molecule is CC1(C)CCC(C)(C)c2cc(-c3cc(N4CCNCC4)ncn3)ccc21. The largest absolute Gasteiger partial charge is 0.354 e. The molecule has 4 rings (SSSR count). The Labute approximate surface area is 157 Å². The van der Waals surface area contributed by atoms with Gasteiger partial charge >= 0.3 is 0 Å². The molecule has 0 spiro atoms. The molecule has 2 aromatic rings. The predicted octanol–water partition coefficient (Wildman–Crippen LogP) is 3.90. The highest BCUT2D eigenvalue weighted by atomic mass is 15.2. The van der Waals surface area contributed by atoms with E-state index in [1.54, 1.807) is 6.33 Å². The van der Waals surface area contributed by atoms with Crippen molar-refractivity contribution in [3.05, 3.63) is 41.7 Å². The van der Waals surface area contributed by atoms with Crippen LogP contribution in [0.1, 0.15) is 51.7 Å². The Morgan fingerprint density at radius 1 is 0.885 bits per heavy atom. The second-order valence-electron chi connectivity index (χ2n) is 9.03. The molecular weight excluding hydrogens is 320 g/mol. The van der Waals surface area contributed by atoms with E-state index in [-0.39, 0.29) is 10.8 Å². The molecule has 1 aromatic heterocycles. The minimum absolute atomic E-state index is 0.218. The van der Waals surface area contributed by atoms with Gasteiger partial charge in [-0.3, -0.25) is 0 Å². The molecule has 2 heterocycles. The third-order valence-electron chi connectivity index (χ3n) is 6.24. The zero-order valence-corrected chi connectivity index (χ0v) is 16.5. The zero-order chi connectivity index (χ0) is 18.4. The van der Waals surface area contributed by atoms with E-state index in [2.05, 4.69) is 72.1 Å². The minimum Gasteiger partial charge on any atom is -0.354 e. The van der Waals surface area contributed by atoms with E-state index in [0.29, 0.717) is 0 Å². The Morgan fingerprint density at radius 3 is 2.31 bits per heavy atom. The zero-order valence-electron chi connectivity index (χ0n) is 16.5. The Hall–Kier alpha value is -1.94. The lowest BCUT2D eigenvalue weighted by atomic mass is 9.63. The summed E-state index contributed by atoms with van der Waals surface area (Å²) in [6.07, 6.45) is 4.18. The van der Waals surface area contributed by atoms with Crippen LogP contribution in [0, 0.1) is 0 Å². The van der Waals surface area contributed by atoms with Gasteiger partial charge in [0.05, 0.1) is 5.69 Å². The average molecular weight is 351 g/mol. The number of fused-ring (bicyclic) bond motifs is 1. The van der Waals surface area contributed by atoms with E-state index >= 15 is 0 Å². The molecule has 0 bridgehead atoms. The van der Waals surface area contributed by atoms with Crippen LogP contribution in [-0.2, 0) is 10.8 Å². The topological polar surface area (TPSA) is 41.0 Å². The number of benzene rings is 1. The van der Waals surface area contributed by atoms with Gasteiger partial charge < -0.3 is 10.2 Å². The molecule has 0 atom stereocenters. The van der Waals surface area contributed by atoms with Gasteiger partial charge in [-0.15, -0.1) is 0 Å². The second-order valence-corrected chi connectivity index (χ2v) is 9.03. The molecule has 138 valence electrons. The van der Waals surface area contributed by atoms with Crippen molar-refractivity contribution in [2.45, 2.75) is 51.4 Å². The van der Waals surface area contributed by atoms with E-state index in [4.69, 9.17) is 0 Å². The molecule has 1 aliphatic carbocycles. The van der Waals surface area contributed by atoms with Gasteiger partial charge in [-0.2, -0.15) is 0 Å². The Bertz CT molecular complexity index is 804. The first-order valence-electron chi connectivity index (χ1n) is 9.80. The fraction of sp³-hybridized carbons (Fsp3) is 0.545. The maximum Gasteiger partial charge on any atom is 0.132 e. The molecule has 4 heteroatoms. The van der Waals surface area contributed by atoms with Crippen LogP contribution in [0.4, 0.5) is 5.82 Å². The van der Waals surface area contributed by atoms with Gasteiger partial charge in [0.25, 0.3) is 0 Å². The number of hydrogen-bond acceptors (Lipinski definition) is 4. The maximum atomic E-state index is 4.58. The Morgan fingerprint density at radius 2 is 1.58 bits per heavy atom. The molecule has 0 saturated carbocycles. The van der Waals surface area contributed by atoms with Gasteiger partial charge in [-0.1, -0.05) is 39.8 Å². The lowest BCUT2D eigenvalue weighted by Gasteiger charge is -2.42. The fourth-order valence-electron chi connectivity index (χ4n) is 4.32. The number of nitrogens with zero attached hydrogens (tertiary/aromatic N) is 3. The molecule has 0 unspecified atom stereocenters. The molecule has 1 aromatic carbocycles. The van der Waals surface area contributed by atoms with Gasteiger partial charge in [-0.25, -0.2) is 9.97 Å². The van der Waals surface area contributed by atoms with Crippen molar-refractivity contribution in [2.75, 3.05) is 31.1 Å². The summed E-state index contributed by atoms with van der Waals surface area (Å²) in [5, 5.41) is 3.40. The van der Waals surface area contributed by atoms with E-state index in [9.17, 15) is 0 Å². The van der Waals surface area contributed by atoms with E-state index < -0.39 is 0 Å². The minimum atomic E-state index is 0.218. The summed E-state index contributed by atoms with van der Waals surface area (Å²) in [4.78, 5) is 11.4. The van der Waals surface area contributed by atoms with Gasteiger partial charge in [-0.05, 0) is 40.9 Å². The average Bonchev–Trinajstić information content (AvgIpc) is 2.66. The van der Waals surface area contributed by atoms with Gasteiger partial charge in [0, 0.05) is 37.8 Å². The Balaban J connectivity index is 1.73. The number of hydrogen-bond donors (Lipinski definition) is 1. The number of anilines is 1. The van der Waals surface area contributed by atoms with E-state index in [1.807, 2.05) is 0 Å². The van der Waals surface area contributed by atoms with E-state index in [1.165, 1.54) is 29.5 Å². The quantitative estimate of drug-likeness (QED) is 0.892. The molecule has 0 amide bonds. The standard InChI is InChI=1S/C22H30N4/c1-21(2)7-8-22(3,4)18-13-16(5-6-17(18)21)19-14-20(25-15-24-19)26-11-9-23-10-12-26/h5-6,13-15,23H,7-12H2,1-4H3. The van der Waals surface area contributed by atoms with Crippen LogP contribution >= 0.6 is 0 Å². The van der Waals surface area contributed by atoms with Crippen molar-refractivity contribution < 1.29 is 0 Å². The summed E-state index contributed by atoms with van der Waals surface area (Å²) in [6, 6.07) is 9.10. The lowest BCUT2D eigenvalue weighted by Crippen LogP contribution is -2.43. The molecular formula is C22H30N4. The van der Waals surface area contributed by atoms with Crippen molar-refractivity contribution in [3.63, 3.8) is 0 Å². The first-order chi connectivity index (χ1) is 12.4. The van der Waals surface area contributed by atoms with Crippen molar-refractivity contribution in [2.24, 2.45) is 0 Å². The summed E-state index contributed by atoms with van der Waals surface area (Å²) in [7, 11) is 0. The Kier molecular flexibility index (Phi) is 4.26. The summed E-state index contributed by atoms with van der Waals surface area (Å²) >= 11 is 0.